The van der Waals surface area contributed by atoms with Crippen LogP contribution in [0.2, 0.25) is 0 Å². The molecule has 1 heterocycles. The topological polar surface area (TPSA) is 20.3 Å². The molecule has 0 radical (unpaired) electrons. The van der Waals surface area contributed by atoms with E-state index in [1.54, 1.807) is 19.2 Å². The molecule has 0 bridgehead atoms. The highest BCUT2D eigenvalue weighted by atomic mass is 32.1. The van der Waals surface area contributed by atoms with E-state index in [2.05, 4.69) is 0 Å². The monoisotopic (exact) mass is 267 g/mol. The van der Waals surface area contributed by atoms with Crippen molar-refractivity contribution in [3.63, 3.8) is 0 Å². The number of thiophene rings is 1. The van der Waals surface area contributed by atoms with Crippen LogP contribution in [0.4, 0.5) is 8.78 Å². The maximum atomic E-state index is 13.0. The van der Waals surface area contributed by atoms with Crippen molar-refractivity contribution >= 4 is 17.2 Å². The zero-order chi connectivity index (χ0) is 13.1. The Morgan fingerprint density at radius 3 is 2.67 bits per heavy atom. The molecule has 94 valence electrons. The van der Waals surface area contributed by atoms with Crippen LogP contribution in [0.25, 0.3) is 0 Å². The summed E-state index contributed by atoms with van der Waals surface area (Å²) in [5.41, 5.74) is 0.557. The number of rotatable bonds is 3. The second-order valence-electron chi connectivity index (χ2n) is 3.89. The molecular formula is C13H11F2NOS. The third-order valence-corrected chi connectivity index (χ3v) is 3.34. The smallest absolute Gasteiger partial charge is 0.263 e. The van der Waals surface area contributed by atoms with Crippen molar-refractivity contribution in [1.29, 1.82) is 0 Å². The SMILES string of the molecule is CN(Cc1ccc(F)c(F)c1)C(=O)c1cccs1. The molecule has 1 amide bonds. The predicted octanol–water partition coefficient (Wildman–Crippen LogP) is 3.30. The van der Waals surface area contributed by atoms with Crippen molar-refractivity contribution in [2.75, 3.05) is 7.05 Å². The van der Waals surface area contributed by atoms with E-state index in [0.29, 0.717) is 10.4 Å². The molecule has 0 aliphatic carbocycles. The minimum Gasteiger partial charge on any atom is -0.337 e. The maximum absolute atomic E-state index is 13.0. The first-order valence-electron chi connectivity index (χ1n) is 5.31. The fourth-order valence-corrected chi connectivity index (χ4v) is 2.29. The van der Waals surface area contributed by atoms with Gasteiger partial charge in [0, 0.05) is 13.6 Å². The van der Waals surface area contributed by atoms with Gasteiger partial charge in [-0.2, -0.15) is 0 Å². The standard InChI is InChI=1S/C13H11F2NOS/c1-16(13(17)12-3-2-6-18-12)8-9-4-5-10(14)11(15)7-9/h2-7H,8H2,1H3. The van der Waals surface area contributed by atoms with E-state index >= 15 is 0 Å². The molecule has 0 saturated heterocycles. The molecule has 0 fully saturated rings. The normalized spacial score (nSPS) is 10.4. The van der Waals surface area contributed by atoms with Gasteiger partial charge in [0.25, 0.3) is 5.91 Å². The first kappa shape index (κ1) is 12.7. The molecule has 2 rings (SSSR count). The largest absolute Gasteiger partial charge is 0.337 e. The quantitative estimate of drug-likeness (QED) is 0.835. The van der Waals surface area contributed by atoms with Crippen molar-refractivity contribution in [2.24, 2.45) is 0 Å². The number of amides is 1. The van der Waals surface area contributed by atoms with E-state index < -0.39 is 11.6 Å². The summed E-state index contributed by atoms with van der Waals surface area (Å²) in [5, 5.41) is 1.82. The maximum Gasteiger partial charge on any atom is 0.263 e. The van der Waals surface area contributed by atoms with Crippen molar-refractivity contribution in [3.05, 3.63) is 57.8 Å². The van der Waals surface area contributed by atoms with Gasteiger partial charge in [0.15, 0.2) is 11.6 Å². The van der Waals surface area contributed by atoms with Gasteiger partial charge in [0.05, 0.1) is 4.88 Å². The Morgan fingerprint density at radius 2 is 2.06 bits per heavy atom. The number of halogens is 2. The Labute approximate surface area is 107 Å². The number of hydrogen-bond donors (Lipinski definition) is 0. The zero-order valence-electron chi connectivity index (χ0n) is 9.69. The molecule has 1 aromatic carbocycles. The molecule has 0 unspecified atom stereocenters. The molecule has 0 spiro atoms. The Morgan fingerprint density at radius 1 is 1.28 bits per heavy atom. The lowest BCUT2D eigenvalue weighted by Gasteiger charge is -2.16. The number of nitrogens with zero attached hydrogens (tertiary/aromatic N) is 1. The van der Waals surface area contributed by atoms with Crippen LogP contribution in [-0.2, 0) is 6.54 Å². The highest BCUT2D eigenvalue weighted by molar-refractivity contribution is 7.12. The lowest BCUT2D eigenvalue weighted by molar-refractivity contribution is 0.0789. The van der Waals surface area contributed by atoms with Gasteiger partial charge in [-0.15, -0.1) is 11.3 Å². The van der Waals surface area contributed by atoms with Crippen LogP contribution in [0.3, 0.4) is 0 Å². The summed E-state index contributed by atoms with van der Waals surface area (Å²) in [7, 11) is 1.63. The minimum absolute atomic E-state index is 0.130. The van der Waals surface area contributed by atoms with Gasteiger partial charge in [0.1, 0.15) is 0 Å². The molecule has 5 heteroatoms. The van der Waals surface area contributed by atoms with Crippen LogP contribution < -0.4 is 0 Å². The van der Waals surface area contributed by atoms with Gasteiger partial charge in [0.2, 0.25) is 0 Å². The average Bonchev–Trinajstić information content (AvgIpc) is 2.86. The van der Waals surface area contributed by atoms with Crippen molar-refractivity contribution in [1.82, 2.24) is 4.90 Å². The van der Waals surface area contributed by atoms with Gasteiger partial charge in [-0.1, -0.05) is 12.1 Å². The highest BCUT2D eigenvalue weighted by Crippen LogP contribution is 2.14. The molecule has 2 aromatic rings. The fraction of sp³-hybridized carbons (Fsp3) is 0.154. The Balaban J connectivity index is 2.09. The van der Waals surface area contributed by atoms with Crippen LogP contribution in [-0.4, -0.2) is 17.9 Å². The predicted molar refractivity (Wildman–Crippen MR) is 66.5 cm³/mol. The first-order valence-corrected chi connectivity index (χ1v) is 6.19. The Hall–Kier alpha value is -1.75. The summed E-state index contributed by atoms with van der Waals surface area (Å²) in [6, 6.07) is 7.16. The van der Waals surface area contributed by atoms with E-state index in [1.165, 1.54) is 22.3 Å². The lowest BCUT2D eigenvalue weighted by Crippen LogP contribution is -2.25. The third kappa shape index (κ3) is 2.73. The van der Waals surface area contributed by atoms with Gasteiger partial charge in [-0.3, -0.25) is 4.79 Å². The van der Waals surface area contributed by atoms with Crippen molar-refractivity contribution in [2.45, 2.75) is 6.54 Å². The van der Waals surface area contributed by atoms with Crippen LogP contribution >= 0.6 is 11.3 Å². The summed E-state index contributed by atoms with van der Waals surface area (Å²) in [6.07, 6.45) is 0. The van der Waals surface area contributed by atoms with E-state index in [-0.39, 0.29) is 12.5 Å². The second-order valence-corrected chi connectivity index (χ2v) is 4.83. The minimum atomic E-state index is -0.899. The summed E-state index contributed by atoms with van der Waals surface area (Å²) in [4.78, 5) is 14.0. The number of carbonyl (C=O) groups is 1. The van der Waals surface area contributed by atoms with Gasteiger partial charge in [-0.25, -0.2) is 8.78 Å². The zero-order valence-corrected chi connectivity index (χ0v) is 10.5. The van der Waals surface area contributed by atoms with Crippen LogP contribution in [0.15, 0.2) is 35.7 Å². The van der Waals surface area contributed by atoms with Gasteiger partial charge in [-0.05, 0) is 29.1 Å². The molecule has 0 aliphatic rings. The fourth-order valence-electron chi connectivity index (χ4n) is 1.57. The van der Waals surface area contributed by atoms with Crippen molar-refractivity contribution < 1.29 is 13.6 Å². The number of carbonyl (C=O) groups excluding carboxylic acids is 1. The van der Waals surface area contributed by atoms with Crippen LogP contribution in [0, 0.1) is 11.6 Å². The van der Waals surface area contributed by atoms with E-state index in [9.17, 15) is 13.6 Å². The van der Waals surface area contributed by atoms with E-state index in [4.69, 9.17) is 0 Å². The summed E-state index contributed by atoms with van der Waals surface area (Å²) in [5.74, 6) is -1.91. The van der Waals surface area contributed by atoms with Gasteiger partial charge < -0.3 is 4.90 Å². The molecule has 0 N–H and O–H groups in total. The second kappa shape index (κ2) is 5.27. The van der Waals surface area contributed by atoms with Crippen molar-refractivity contribution in [3.8, 4) is 0 Å². The van der Waals surface area contributed by atoms with Gasteiger partial charge >= 0.3 is 0 Å². The Bertz CT molecular complexity index is 554. The lowest BCUT2D eigenvalue weighted by atomic mass is 10.2. The van der Waals surface area contributed by atoms with E-state index in [1.807, 2.05) is 5.38 Å². The number of benzene rings is 1. The molecule has 18 heavy (non-hydrogen) atoms. The highest BCUT2D eigenvalue weighted by Gasteiger charge is 2.13. The first-order chi connectivity index (χ1) is 8.58. The molecule has 2 nitrogen and oxygen atoms in total. The molecule has 0 saturated carbocycles. The number of hydrogen-bond acceptors (Lipinski definition) is 2. The van der Waals surface area contributed by atoms with Crippen LogP contribution in [0.1, 0.15) is 15.2 Å². The van der Waals surface area contributed by atoms with E-state index in [0.717, 1.165) is 12.1 Å². The average molecular weight is 267 g/mol. The Kier molecular flexibility index (Phi) is 3.72. The molecule has 0 atom stereocenters. The molecular weight excluding hydrogens is 256 g/mol. The summed E-state index contributed by atoms with van der Waals surface area (Å²) in [6.45, 7) is 0.244. The summed E-state index contributed by atoms with van der Waals surface area (Å²) < 4.78 is 25.8. The summed E-state index contributed by atoms with van der Waals surface area (Å²) >= 11 is 1.35. The van der Waals surface area contributed by atoms with Crippen LogP contribution in [0.5, 0.6) is 0 Å². The third-order valence-electron chi connectivity index (χ3n) is 2.48. The molecule has 0 aliphatic heterocycles. The molecule has 1 aromatic heterocycles.